The lowest BCUT2D eigenvalue weighted by Crippen LogP contribution is -2.10. The van der Waals surface area contributed by atoms with Crippen molar-refractivity contribution in [2.24, 2.45) is 7.05 Å². The first-order valence-electron chi connectivity index (χ1n) is 6.00. The smallest absolute Gasteiger partial charge is 0.129 e. The Bertz CT molecular complexity index is 526. The zero-order valence-corrected chi connectivity index (χ0v) is 9.93. The lowest BCUT2D eigenvalue weighted by atomic mass is 9.81. The molecule has 2 heterocycles. The third-order valence-corrected chi connectivity index (χ3v) is 3.56. The molecule has 1 aliphatic rings. The monoisotopic (exact) mass is 228 g/mol. The number of aromatic nitrogens is 3. The minimum absolute atomic E-state index is 0.578. The van der Waals surface area contributed by atoms with Crippen molar-refractivity contribution < 1.29 is 0 Å². The van der Waals surface area contributed by atoms with Crippen LogP contribution in [0.15, 0.2) is 24.5 Å². The number of hydrogen-bond acceptors (Lipinski definition) is 3. The second kappa shape index (κ2) is 3.87. The molecule has 0 unspecified atom stereocenters. The van der Waals surface area contributed by atoms with Crippen molar-refractivity contribution in [3.05, 3.63) is 30.2 Å². The summed E-state index contributed by atoms with van der Waals surface area (Å²) in [5.74, 6) is 1.31. The largest absolute Gasteiger partial charge is 0.383 e. The highest BCUT2D eigenvalue weighted by Gasteiger charge is 2.27. The third-order valence-electron chi connectivity index (χ3n) is 3.56. The van der Waals surface area contributed by atoms with Crippen molar-refractivity contribution in [2.75, 3.05) is 5.73 Å². The van der Waals surface area contributed by atoms with Crippen LogP contribution in [0.3, 0.4) is 0 Å². The Hall–Kier alpha value is -1.84. The fraction of sp³-hybridized carbons (Fsp3) is 0.385. The molecule has 0 atom stereocenters. The Balaban J connectivity index is 2.14. The molecule has 2 N–H and O–H groups in total. The molecule has 2 aromatic heterocycles. The molecule has 0 saturated heterocycles. The molecule has 0 bridgehead atoms. The highest BCUT2D eigenvalue weighted by Crippen LogP contribution is 2.42. The molecule has 0 amide bonds. The number of pyridine rings is 1. The van der Waals surface area contributed by atoms with Crippen LogP contribution in [0, 0.1) is 0 Å². The summed E-state index contributed by atoms with van der Waals surface area (Å²) in [5, 5.41) is 4.57. The zero-order chi connectivity index (χ0) is 11.8. The normalized spacial score (nSPS) is 15.8. The van der Waals surface area contributed by atoms with E-state index < -0.39 is 0 Å². The van der Waals surface area contributed by atoms with Gasteiger partial charge in [0.25, 0.3) is 0 Å². The fourth-order valence-corrected chi connectivity index (χ4v) is 2.33. The van der Waals surface area contributed by atoms with Gasteiger partial charge in [0.05, 0.1) is 5.69 Å². The van der Waals surface area contributed by atoms with E-state index in [4.69, 9.17) is 5.73 Å². The van der Waals surface area contributed by atoms with Crippen molar-refractivity contribution in [1.82, 2.24) is 14.8 Å². The number of rotatable bonds is 2. The highest BCUT2D eigenvalue weighted by atomic mass is 15.3. The van der Waals surface area contributed by atoms with E-state index in [1.165, 1.54) is 19.3 Å². The van der Waals surface area contributed by atoms with E-state index in [1.54, 1.807) is 10.9 Å². The molecule has 1 fully saturated rings. The van der Waals surface area contributed by atoms with Gasteiger partial charge in [0.15, 0.2) is 0 Å². The maximum atomic E-state index is 6.12. The van der Waals surface area contributed by atoms with Gasteiger partial charge in [-0.15, -0.1) is 0 Å². The van der Waals surface area contributed by atoms with Crippen LogP contribution in [-0.2, 0) is 7.05 Å². The van der Waals surface area contributed by atoms with Gasteiger partial charge in [0.2, 0.25) is 0 Å². The van der Waals surface area contributed by atoms with Gasteiger partial charge in [-0.25, -0.2) is 0 Å². The van der Waals surface area contributed by atoms with Crippen LogP contribution in [0.25, 0.3) is 11.1 Å². The molecule has 0 radical (unpaired) electrons. The topological polar surface area (TPSA) is 56.7 Å². The summed E-state index contributed by atoms with van der Waals surface area (Å²) >= 11 is 0. The van der Waals surface area contributed by atoms with Crippen LogP contribution < -0.4 is 5.73 Å². The van der Waals surface area contributed by atoms with E-state index in [0.29, 0.717) is 5.92 Å². The Labute approximate surface area is 100 Å². The first-order chi connectivity index (χ1) is 8.27. The van der Waals surface area contributed by atoms with Gasteiger partial charge in [0, 0.05) is 36.5 Å². The van der Waals surface area contributed by atoms with E-state index >= 15 is 0 Å². The van der Waals surface area contributed by atoms with Gasteiger partial charge >= 0.3 is 0 Å². The van der Waals surface area contributed by atoms with Gasteiger partial charge in [-0.3, -0.25) is 9.67 Å². The van der Waals surface area contributed by atoms with Crippen molar-refractivity contribution >= 4 is 5.82 Å². The SMILES string of the molecule is Cn1nc(C2CCC2)c(-c2cccnc2)c1N. The van der Waals surface area contributed by atoms with Crippen LogP contribution >= 0.6 is 0 Å². The number of aryl methyl sites for hydroxylation is 1. The number of anilines is 1. The number of nitrogen functional groups attached to an aromatic ring is 1. The summed E-state index contributed by atoms with van der Waals surface area (Å²) < 4.78 is 1.77. The maximum Gasteiger partial charge on any atom is 0.129 e. The lowest BCUT2D eigenvalue weighted by molar-refractivity contribution is 0.408. The average molecular weight is 228 g/mol. The predicted molar refractivity (Wildman–Crippen MR) is 67.4 cm³/mol. The molecule has 4 heteroatoms. The molecule has 4 nitrogen and oxygen atoms in total. The van der Waals surface area contributed by atoms with E-state index in [2.05, 4.69) is 10.1 Å². The second-order valence-electron chi connectivity index (χ2n) is 4.64. The van der Waals surface area contributed by atoms with Crippen molar-refractivity contribution in [3.63, 3.8) is 0 Å². The molecule has 3 rings (SSSR count). The van der Waals surface area contributed by atoms with Gasteiger partial charge in [-0.1, -0.05) is 12.5 Å². The first kappa shape index (κ1) is 10.3. The van der Waals surface area contributed by atoms with Gasteiger partial charge in [0.1, 0.15) is 5.82 Å². The molecular formula is C13H16N4. The van der Waals surface area contributed by atoms with E-state index in [-0.39, 0.29) is 0 Å². The predicted octanol–water partition coefficient (Wildman–Crippen LogP) is 2.33. The van der Waals surface area contributed by atoms with Crippen LogP contribution in [0.4, 0.5) is 5.82 Å². The van der Waals surface area contributed by atoms with Crippen LogP contribution in [0.2, 0.25) is 0 Å². The quantitative estimate of drug-likeness (QED) is 0.858. The number of nitrogens with zero attached hydrogens (tertiary/aromatic N) is 3. The summed E-state index contributed by atoms with van der Waals surface area (Å²) in [5.41, 5.74) is 9.41. The van der Waals surface area contributed by atoms with Gasteiger partial charge in [-0.05, 0) is 18.9 Å². The summed E-state index contributed by atoms with van der Waals surface area (Å²) in [6.45, 7) is 0. The highest BCUT2D eigenvalue weighted by molar-refractivity contribution is 5.76. The molecule has 0 aromatic carbocycles. The number of nitrogens with two attached hydrogens (primary N) is 1. The van der Waals surface area contributed by atoms with Crippen LogP contribution in [0.5, 0.6) is 0 Å². The molecular weight excluding hydrogens is 212 g/mol. The third kappa shape index (κ3) is 1.60. The van der Waals surface area contributed by atoms with Crippen LogP contribution in [-0.4, -0.2) is 14.8 Å². The lowest BCUT2D eigenvalue weighted by Gasteiger charge is -2.24. The molecule has 17 heavy (non-hydrogen) atoms. The Morgan fingerprint density at radius 1 is 1.41 bits per heavy atom. The maximum absolute atomic E-state index is 6.12. The Morgan fingerprint density at radius 3 is 2.82 bits per heavy atom. The molecule has 0 spiro atoms. The minimum Gasteiger partial charge on any atom is -0.383 e. The molecule has 2 aromatic rings. The second-order valence-corrected chi connectivity index (χ2v) is 4.64. The fourth-order valence-electron chi connectivity index (χ4n) is 2.33. The van der Waals surface area contributed by atoms with Crippen molar-refractivity contribution in [1.29, 1.82) is 0 Å². The van der Waals surface area contributed by atoms with Crippen molar-refractivity contribution in [2.45, 2.75) is 25.2 Å². The average Bonchev–Trinajstić information content (AvgIpc) is 2.54. The molecule has 0 aliphatic heterocycles. The van der Waals surface area contributed by atoms with Crippen LogP contribution in [0.1, 0.15) is 30.9 Å². The summed E-state index contributed by atoms with van der Waals surface area (Å²) in [6.07, 6.45) is 7.38. The van der Waals surface area contributed by atoms with E-state index in [1.807, 2.05) is 25.4 Å². The molecule has 88 valence electrons. The summed E-state index contributed by atoms with van der Waals surface area (Å²) in [6, 6.07) is 3.98. The standard InChI is InChI=1S/C13H16N4/c1-17-13(14)11(10-6-3-7-15-8-10)12(16-17)9-4-2-5-9/h3,6-9H,2,4-5,14H2,1H3. The first-order valence-corrected chi connectivity index (χ1v) is 6.00. The molecule has 1 aliphatic carbocycles. The molecule has 1 saturated carbocycles. The number of hydrogen-bond donors (Lipinski definition) is 1. The van der Waals surface area contributed by atoms with Crippen molar-refractivity contribution in [3.8, 4) is 11.1 Å². The zero-order valence-electron chi connectivity index (χ0n) is 9.93. The van der Waals surface area contributed by atoms with Gasteiger partial charge < -0.3 is 5.73 Å². The Morgan fingerprint density at radius 2 is 2.24 bits per heavy atom. The van der Waals surface area contributed by atoms with E-state index in [0.717, 1.165) is 22.6 Å². The van der Waals surface area contributed by atoms with E-state index in [9.17, 15) is 0 Å². The van der Waals surface area contributed by atoms with Gasteiger partial charge in [-0.2, -0.15) is 5.10 Å². The summed E-state index contributed by atoms with van der Waals surface area (Å²) in [7, 11) is 1.90. The minimum atomic E-state index is 0.578. The Kier molecular flexibility index (Phi) is 2.35. The summed E-state index contributed by atoms with van der Waals surface area (Å²) in [4.78, 5) is 4.16.